The lowest BCUT2D eigenvalue weighted by atomic mass is 10.00. The van der Waals surface area contributed by atoms with Gasteiger partial charge in [0.05, 0.1) is 13.2 Å². The molecule has 1 aliphatic heterocycles. The SMILES string of the molecule is CC1C(=O)N(Cc2ccc(CO)cc2)C(=O)C1C. The predicted octanol–water partition coefficient (Wildman–Crippen LogP) is 1.32. The minimum Gasteiger partial charge on any atom is -0.392 e. The van der Waals surface area contributed by atoms with Crippen molar-refractivity contribution in [3.63, 3.8) is 0 Å². The Bertz CT molecular complexity index is 446. The number of amides is 2. The molecule has 1 heterocycles. The lowest BCUT2D eigenvalue weighted by molar-refractivity contribution is -0.140. The highest BCUT2D eigenvalue weighted by molar-refractivity contribution is 6.04. The Balaban J connectivity index is 2.13. The van der Waals surface area contributed by atoms with E-state index in [1.54, 1.807) is 26.0 Å². The quantitative estimate of drug-likeness (QED) is 0.819. The first-order chi connectivity index (χ1) is 8.54. The monoisotopic (exact) mass is 247 g/mol. The second-order valence-corrected chi connectivity index (χ2v) is 4.81. The highest BCUT2D eigenvalue weighted by atomic mass is 16.3. The molecule has 1 fully saturated rings. The summed E-state index contributed by atoms with van der Waals surface area (Å²) in [6, 6.07) is 7.26. The van der Waals surface area contributed by atoms with Gasteiger partial charge in [-0.25, -0.2) is 0 Å². The lowest BCUT2D eigenvalue weighted by Crippen LogP contribution is -2.30. The van der Waals surface area contributed by atoms with Crippen molar-refractivity contribution in [1.29, 1.82) is 0 Å². The molecule has 1 aromatic rings. The molecular weight excluding hydrogens is 230 g/mol. The number of carbonyl (C=O) groups is 2. The fraction of sp³-hybridized carbons (Fsp3) is 0.429. The normalized spacial score (nSPS) is 23.8. The van der Waals surface area contributed by atoms with Crippen molar-refractivity contribution < 1.29 is 14.7 Å². The number of likely N-dealkylation sites (tertiary alicyclic amines) is 1. The van der Waals surface area contributed by atoms with Crippen LogP contribution in [0.5, 0.6) is 0 Å². The van der Waals surface area contributed by atoms with Crippen LogP contribution in [0.25, 0.3) is 0 Å². The van der Waals surface area contributed by atoms with E-state index in [9.17, 15) is 9.59 Å². The van der Waals surface area contributed by atoms with Gasteiger partial charge in [0, 0.05) is 11.8 Å². The minimum atomic E-state index is -0.228. The Labute approximate surface area is 106 Å². The summed E-state index contributed by atoms with van der Waals surface area (Å²) in [5, 5.41) is 8.95. The molecule has 1 saturated heterocycles. The van der Waals surface area contributed by atoms with Crippen LogP contribution in [0.4, 0.5) is 0 Å². The van der Waals surface area contributed by atoms with Crippen molar-refractivity contribution in [2.45, 2.75) is 27.0 Å². The Morgan fingerprint density at radius 3 is 1.89 bits per heavy atom. The number of rotatable bonds is 3. The van der Waals surface area contributed by atoms with E-state index in [-0.39, 0.29) is 30.3 Å². The van der Waals surface area contributed by atoms with Gasteiger partial charge < -0.3 is 5.11 Å². The molecule has 96 valence electrons. The summed E-state index contributed by atoms with van der Waals surface area (Å²) in [5.74, 6) is -0.652. The third kappa shape index (κ3) is 2.16. The fourth-order valence-electron chi connectivity index (χ4n) is 2.12. The standard InChI is InChI=1S/C14H17NO3/c1-9-10(2)14(18)15(13(9)17)7-11-3-5-12(8-16)6-4-11/h3-6,9-10,16H,7-8H2,1-2H3. The van der Waals surface area contributed by atoms with Crippen molar-refractivity contribution in [1.82, 2.24) is 4.90 Å². The molecule has 4 nitrogen and oxygen atoms in total. The van der Waals surface area contributed by atoms with E-state index >= 15 is 0 Å². The highest BCUT2D eigenvalue weighted by Gasteiger charge is 2.41. The van der Waals surface area contributed by atoms with E-state index in [0.717, 1.165) is 11.1 Å². The Kier molecular flexibility index (Phi) is 3.48. The van der Waals surface area contributed by atoms with E-state index in [0.29, 0.717) is 6.54 Å². The summed E-state index contributed by atoms with van der Waals surface area (Å²) in [7, 11) is 0. The zero-order chi connectivity index (χ0) is 13.3. The molecular formula is C14H17NO3. The number of benzene rings is 1. The Morgan fingerprint density at radius 2 is 1.44 bits per heavy atom. The van der Waals surface area contributed by atoms with Crippen molar-refractivity contribution in [3.8, 4) is 0 Å². The van der Waals surface area contributed by atoms with Gasteiger partial charge in [-0.3, -0.25) is 14.5 Å². The third-order valence-corrected chi connectivity index (χ3v) is 3.61. The number of aliphatic hydroxyl groups is 1. The van der Waals surface area contributed by atoms with E-state index in [4.69, 9.17) is 5.11 Å². The third-order valence-electron chi connectivity index (χ3n) is 3.61. The summed E-state index contributed by atoms with van der Waals surface area (Å²) in [5.41, 5.74) is 1.72. The molecule has 1 aromatic carbocycles. The summed E-state index contributed by atoms with van der Waals surface area (Å²) in [6.07, 6.45) is 0. The molecule has 2 unspecified atom stereocenters. The average Bonchev–Trinajstić information content (AvgIpc) is 2.57. The van der Waals surface area contributed by atoms with Gasteiger partial charge in [0.1, 0.15) is 0 Å². The number of hydrogen-bond donors (Lipinski definition) is 1. The van der Waals surface area contributed by atoms with Gasteiger partial charge in [-0.15, -0.1) is 0 Å². The van der Waals surface area contributed by atoms with Gasteiger partial charge in [-0.1, -0.05) is 38.1 Å². The Morgan fingerprint density at radius 1 is 1.00 bits per heavy atom. The first-order valence-corrected chi connectivity index (χ1v) is 6.08. The molecule has 4 heteroatoms. The second-order valence-electron chi connectivity index (χ2n) is 4.81. The van der Waals surface area contributed by atoms with Crippen LogP contribution in [-0.2, 0) is 22.7 Å². The number of hydrogen-bond acceptors (Lipinski definition) is 3. The van der Waals surface area contributed by atoms with Crippen molar-refractivity contribution in [2.75, 3.05) is 0 Å². The highest BCUT2D eigenvalue weighted by Crippen LogP contribution is 2.26. The molecule has 0 radical (unpaired) electrons. The van der Waals surface area contributed by atoms with E-state index in [1.807, 2.05) is 12.1 Å². The van der Waals surface area contributed by atoms with E-state index < -0.39 is 0 Å². The number of imide groups is 1. The fourth-order valence-corrected chi connectivity index (χ4v) is 2.12. The number of nitrogens with zero attached hydrogens (tertiary/aromatic N) is 1. The lowest BCUT2D eigenvalue weighted by Gasteiger charge is -2.14. The number of carbonyl (C=O) groups excluding carboxylic acids is 2. The van der Waals surface area contributed by atoms with Crippen LogP contribution in [0, 0.1) is 11.8 Å². The van der Waals surface area contributed by atoms with Crippen LogP contribution >= 0.6 is 0 Å². The van der Waals surface area contributed by atoms with Crippen LogP contribution in [0.2, 0.25) is 0 Å². The van der Waals surface area contributed by atoms with Gasteiger partial charge >= 0.3 is 0 Å². The molecule has 1 aliphatic rings. The first-order valence-electron chi connectivity index (χ1n) is 6.08. The van der Waals surface area contributed by atoms with Crippen LogP contribution in [0.15, 0.2) is 24.3 Å². The smallest absolute Gasteiger partial charge is 0.233 e. The summed E-state index contributed by atoms with van der Waals surface area (Å²) >= 11 is 0. The second kappa shape index (κ2) is 4.90. The maximum Gasteiger partial charge on any atom is 0.233 e. The molecule has 0 spiro atoms. The zero-order valence-corrected chi connectivity index (χ0v) is 10.6. The Hall–Kier alpha value is -1.68. The van der Waals surface area contributed by atoms with Crippen LogP contribution in [0.3, 0.4) is 0 Å². The molecule has 2 atom stereocenters. The van der Waals surface area contributed by atoms with Crippen molar-refractivity contribution >= 4 is 11.8 Å². The molecule has 2 amide bonds. The van der Waals surface area contributed by atoms with Gasteiger partial charge in [-0.05, 0) is 11.1 Å². The average molecular weight is 247 g/mol. The van der Waals surface area contributed by atoms with Crippen molar-refractivity contribution in [3.05, 3.63) is 35.4 Å². The maximum atomic E-state index is 11.9. The van der Waals surface area contributed by atoms with Gasteiger partial charge in [0.25, 0.3) is 0 Å². The largest absolute Gasteiger partial charge is 0.392 e. The minimum absolute atomic E-state index is 0.00404. The molecule has 0 bridgehead atoms. The molecule has 2 rings (SSSR count). The van der Waals surface area contributed by atoms with Gasteiger partial charge in [0.15, 0.2) is 0 Å². The molecule has 0 aromatic heterocycles. The van der Waals surface area contributed by atoms with E-state index in [1.165, 1.54) is 4.90 Å². The van der Waals surface area contributed by atoms with Crippen LogP contribution in [0.1, 0.15) is 25.0 Å². The molecule has 0 aliphatic carbocycles. The van der Waals surface area contributed by atoms with Gasteiger partial charge in [-0.2, -0.15) is 0 Å². The molecule has 0 saturated carbocycles. The first kappa shape index (κ1) is 12.8. The summed E-state index contributed by atoms with van der Waals surface area (Å²) in [4.78, 5) is 25.2. The number of aliphatic hydroxyl groups excluding tert-OH is 1. The van der Waals surface area contributed by atoms with Crippen LogP contribution in [-0.4, -0.2) is 21.8 Å². The van der Waals surface area contributed by atoms with Crippen LogP contribution < -0.4 is 0 Å². The maximum absolute atomic E-state index is 11.9. The predicted molar refractivity (Wildman–Crippen MR) is 66.2 cm³/mol. The topological polar surface area (TPSA) is 57.6 Å². The van der Waals surface area contributed by atoms with Crippen molar-refractivity contribution in [2.24, 2.45) is 11.8 Å². The summed E-state index contributed by atoms with van der Waals surface area (Å²) < 4.78 is 0. The zero-order valence-electron chi connectivity index (χ0n) is 10.6. The van der Waals surface area contributed by atoms with Gasteiger partial charge in [0.2, 0.25) is 11.8 Å². The van der Waals surface area contributed by atoms with E-state index in [2.05, 4.69) is 0 Å². The summed E-state index contributed by atoms with van der Waals surface area (Å²) in [6.45, 7) is 3.90. The molecule has 1 N–H and O–H groups in total. The molecule has 18 heavy (non-hydrogen) atoms.